The highest BCUT2D eigenvalue weighted by Gasteiger charge is 2.24. The molecule has 0 saturated carbocycles. The quantitative estimate of drug-likeness (QED) is 0.474. The molecule has 21 heavy (non-hydrogen) atoms. The molecule has 6 nitrogen and oxygen atoms in total. The van der Waals surface area contributed by atoms with Gasteiger partial charge in [0.2, 0.25) is 0 Å². The van der Waals surface area contributed by atoms with Crippen LogP contribution in [0, 0.1) is 10.1 Å². The predicted molar refractivity (Wildman–Crippen MR) is 80.0 cm³/mol. The average Bonchev–Trinajstić information content (AvgIpc) is 2.47. The van der Waals surface area contributed by atoms with E-state index >= 15 is 0 Å². The maximum absolute atomic E-state index is 11.5. The second-order valence-electron chi connectivity index (χ2n) is 5.18. The number of nitrogens with zero attached hydrogens (tertiary/aromatic N) is 2. The number of nitro benzene ring substituents is 1. The highest BCUT2D eigenvalue weighted by Crippen LogP contribution is 2.28. The third-order valence-electron chi connectivity index (χ3n) is 3.70. The molecule has 1 fully saturated rings. The van der Waals surface area contributed by atoms with Crippen LogP contribution in [0.2, 0.25) is 0 Å². The smallest absolute Gasteiger partial charge is 0.282 e. The Kier molecular flexibility index (Phi) is 4.90. The monoisotopic (exact) mass is 292 g/mol. The van der Waals surface area contributed by atoms with Crippen molar-refractivity contribution in [2.75, 3.05) is 24.6 Å². The van der Waals surface area contributed by atoms with Crippen LogP contribution in [0.5, 0.6) is 0 Å². The fraction of sp³-hybridized carbons (Fsp3) is 0.533. The van der Waals surface area contributed by atoms with Gasteiger partial charge in [0.05, 0.1) is 16.6 Å². The van der Waals surface area contributed by atoms with Crippen LogP contribution in [-0.2, 0) is 4.74 Å². The number of Topliss-reactive ketones (excluding diaryl/α,β-unsaturated/α-hetero) is 1. The Morgan fingerprint density at radius 3 is 2.90 bits per heavy atom. The summed E-state index contributed by atoms with van der Waals surface area (Å²) in [5.74, 6) is -0.293. The molecule has 0 amide bonds. The number of hydrogen-bond acceptors (Lipinski definition) is 5. The number of nitro groups is 1. The van der Waals surface area contributed by atoms with E-state index in [0.29, 0.717) is 6.61 Å². The minimum absolute atomic E-state index is 0.126. The molecule has 0 aliphatic carbocycles. The van der Waals surface area contributed by atoms with Crippen LogP contribution in [0.1, 0.15) is 37.0 Å². The molecule has 0 N–H and O–H groups in total. The van der Waals surface area contributed by atoms with Crippen LogP contribution >= 0.6 is 0 Å². The summed E-state index contributed by atoms with van der Waals surface area (Å²) < 4.78 is 5.64. The highest BCUT2D eigenvalue weighted by molar-refractivity contribution is 5.98. The van der Waals surface area contributed by atoms with Crippen molar-refractivity contribution in [1.82, 2.24) is 0 Å². The molecule has 0 spiro atoms. The second kappa shape index (κ2) is 6.67. The van der Waals surface area contributed by atoms with Gasteiger partial charge in [-0.2, -0.15) is 0 Å². The standard InChI is InChI=1S/C15H20N2O4/c1-3-21-13-5-4-8-16(10-13)12-6-7-14(11(2)18)15(9-12)17(19)20/h6-7,9,13H,3-5,8,10H2,1-2H3. The van der Waals surface area contributed by atoms with E-state index in [1.54, 1.807) is 12.1 Å². The van der Waals surface area contributed by atoms with E-state index in [0.717, 1.165) is 31.6 Å². The normalized spacial score (nSPS) is 18.6. The van der Waals surface area contributed by atoms with E-state index in [2.05, 4.69) is 4.90 Å². The molecular formula is C15H20N2O4. The second-order valence-corrected chi connectivity index (χ2v) is 5.18. The van der Waals surface area contributed by atoms with Crippen LogP contribution in [-0.4, -0.2) is 36.5 Å². The molecule has 1 saturated heterocycles. The molecule has 1 atom stereocenters. The van der Waals surface area contributed by atoms with Gasteiger partial charge < -0.3 is 9.64 Å². The summed E-state index contributed by atoms with van der Waals surface area (Å²) in [6.07, 6.45) is 2.17. The van der Waals surface area contributed by atoms with E-state index in [4.69, 9.17) is 4.74 Å². The maximum Gasteiger partial charge on any atom is 0.282 e. The zero-order valence-electron chi connectivity index (χ0n) is 12.4. The van der Waals surface area contributed by atoms with Crippen molar-refractivity contribution in [3.63, 3.8) is 0 Å². The van der Waals surface area contributed by atoms with Gasteiger partial charge in [-0.05, 0) is 38.8 Å². The summed E-state index contributed by atoms with van der Waals surface area (Å²) >= 11 is 0. The number of anilines is 1. The number of benzene rings is 1. The van der Waals surface area contributed by atoms with Crippen molar-refractivity contribution < 1.29 is 14.5 Å². The Morgan fingerprint density at radius 2 is 2.29 bits per heavy atom. The predicted octanol–water partition coefficient (Wildman–Crippen LogP) is 2.80. The number of piperidine rings is 1. The maximum atomic E-state index is 11.5. The lowest BCUT2D eigenvalue weighted by Gasteiger charge is -2.34. The third-order valence-corrected chi connectivity index (χ3v) is 3.70. The van der Waals surface area contributed by atoms with Crippen molar-refractivity contribution in [3.8, 4) is 0 Å². The Bertz CT molecular complexity index is 542. The number of carbonyl (C=O) groups excluding carboxylic acids is 1. The Balaban J connectivity index is 2.25. The van der Waals surface area contributed by atoms with E-state index in [-0.39, 0.29) is 23.1 Å². The van der Waals surface area contributed by atoms with Gasteiger partial charge in [-0.25, -0.2) is 0 Å². The first-order valence-electron chi connectivity index (χ1n) is 7.18. The number of rotatable bonds is 5. The zero-order valence-corrected chi connectivity index (χ0v) is 12.4. The number of carbonyl (C=O) groups is 1. The van der Waals surface area contributed by atoms with Gasteiger partial charge in [-0.15, -0.1) is 0 Å². The summed E-state index contributed by atoms with van der Waals surface area (Å²) in [6, 6.07) is 4.81. The molecule has 1 aromatic rings. The van der Waals surface area contributed by atoms with Gasteiger partial charge in [-0.1, -0.05) is 0 Å². The molecule has 114 valence electrons. The molecule has 1 aliphatic rings. The van der Waals surface area contributed by atoms with E-state index in [1.165, 1.54) is 13.0 Å². The minimum atomic E-state index is -0.496. The Labute approximate surface area is 123 Å². The van der Waals surface area contributed by atoms with Gasteiger partial charge in [0.1, 0.15) is 0 Å². The topological polar surface area (TPSA) is 72.7 Å². The first-order chi connectivity index (χ1) is 10.0. The third kappa shape index (κ3) is 3.58. The molecule has 1 aromatic carbocycles. The average molecular weight is 292 g/mol. The van der Waals surface area contributed by atoms with E-state index < -0.39 is 4.92 Å². The van der Waals surface area contributed by atoms with Gasteiger partial charge in [0, 0.05) is 31.5 Å². The van der Waals surface area contributed by atoms with Gasteiger partial charge in [0.15, 0.2) is 5.78 Å². The molecule has 0 radical (unpaired) electrons. The first-order valence-corrected chi connectivity index (χ1v) is 7.18. The molecule has 0 bridgehead atoms. The fourth-order valence-corrected chi connectivity index (χ4v) is 2.71. The molecule has 0 aromatic heterocycles. The summed E-state index contributed by atoms with van der Waals surface area (Å²) in [5, 5.41) is 11.1. The fourth-order valence-electron chi connectivity index (χ4n) is 2.71. The number of hydrogen-bond donors (Lipinski definition) is 0. The van der Waals surface area contributed by atoms with Crippen LogP contribution < -0.4 is 4.90 Å². The summed E-state index contributed by atoms with van der Waals surface area (Å²) in [4.78, 5) is 24.2. The molecule has 6 heteroatoms. The highest BCUT2D eigenvalue weighted by atomic mass is 16.6. The van der Waals surface area contributed by atoms with Crippen molar-refractivity contribution >= 4 is 17.2 Å². The molecule has 1 unspecified atom stereocenters. The van der Waals surface area contributed by atoms with Gasteiger partial charge in [-0.3, -0.25) is 14.9 Å². The zero-order chi connectivity index (χ0) is 15.4. The largest absolute Gasteiger partial charge is 0.377 e. The van der Waals surface area contributed by atoms with Crippen LogP contribution in [0.4, 0.5) is 11.4 Å². The van der Waals surface area contributed by atoms with Crippen molar-refractivity contribution in [1.29, 1.82) is 0 Å². The Hall–Kier alpha value is -1.95. The SMILES string of the molecule is CCOC1CCCN(c2ccc(C(C)=O)c([N+](=O)[O-])c2)C1. The first kappa shape index (κ1) is 15.4. The Morgan fingerprint density at radius 1 is 1.52 bits per heavy atom. The summed E-state index contributed by atoms with van der Waals surface area (Å²) in [6.45, 7) is 5.55. The lowest BCUT2D eigenvalue weighted by atomic mass is 10.0. The van der Waals surface area contributed by atoms with E-state index in [1.807, 2.05) is 6.92 Å². The number of ether oxygens (including phenoxy) is 1. The van der Waals surface area contributed by atoms with Crippen molar-refractivity contribution in [3.05, 3.63) is 33.9 Å². The van der Waals surface area contributed by atoms with Crippen molar-refractivity contribution in [2.45, 2.75) is 32.8 Å². The molecule has 1 heterocycles. The number of ketones is 1. The lowest BCUT2D eigenvalue weighted by Crippen LogP contribution is -2.39. The van der Waals surface area contributed by atoms with Crippen molar-refractivity contribution in [2.24, 2.45) is 0 Å². The van der Waals surface area contributed by atoms with Crippen LogP contribution in [0.25, 0.3) is 0 Å². The lowest BCUT2D eigenvalue weighted by molar-refractivity contribution is -0.385. The van der Waals surface area contributed by atoms with Crippen LogP contribution in [0.3, 0.4) is 0 Å². The molecule has 1 aliphatic heterocycles. The van der Waals surface area contributed by atoms with Gasteiger partial charge in [0.25, 0.3) is 5.69 Å². The van der Waals surface area contributed by atoms with Crippen LogP contribution in [0.15, 0.2) is 18.2 Å². The minimum Gasteiger partial charge on any atom is -0.377 e. The summed E-state index contributed by atoms with van der Waals surface area (Å²) in [7, 11) is 0. The molecular weight excluding hydrogens is 272 g/mol. The summed E-state index contributed by atoms with van der Waals surface area (Å²) in [5.41, 5.74) is 0.803. The van der Waals surface area contributed by atoms with E-state index in [9.17, 15) is 14.9 Å². The van der Waals surface area contributed by atoms with Gasteiger partial charge >= 0.3 is 0 Å². The molecule has 2 rings (SSSR count).